The molecule has 92 valence electrons. The Balaban J connectivity index is 2.17. The molecule has 2 aromatic rings. The van der Waals surface area contributed by atoms with Crippen LogP contribution in [0.4, 0.5) is 11.6 Å². The Morgan fingerprint density at radius 1 is 1.21 bits per heavy atom. The molecule has 0 bridgehead atoms. The fourth-order valence-electron chi connectivity index (χ4n) is 1.44. The van der Waals surface area contributed by atoms with Gasteiger partial charge in [-0.25, -0.2) is 0 Å². The van der Waals surface area contributed by atoms with Gasteiger partial charge in [0.15, 0.2) is 5.88 Å². The predicted octanol–water partition coefficient (Wildman–Crippen LogP) is 4.11. The third kappa shape index (κ3) is 3.38. The van der Waals surface area contributed by atoms with Gasteiger partial charge in [-0.15, -0.1) is 0 Å². The summed E-state index contributed by atoms with van der Waals surface area (Å²) in [6, 6.07) is 14.1. The summed E-state index contributed by atoms with van der Waals surface area (Å²) in [6.07, 6.45) is 1.38. The van der Waals surface area contributed by atoms with E-state index in [4.69, 9.17) is 26.5 Å². The van der Waals surface area contributed by atoms with E-state index in [1.54, 1.807) is 36.4 Å². The number of hydrogen-bond acceptors (Lipinski definition) is 4. The molecule has 0 aliphatic carbocycles. The standard InChI is InChI=1S/C14H8ClN3O/c15-11-2-1-3-12(7-11)18-14-5-4-13(19-14)6-10(8-16)9-17/h1-7,18H. The van der Waals surface area contributed by atoms with Crippen molar-refractivity contribution in [2.24, 2.45) is 0 Å². The minimum atomic E-state index is -0.0105. The van der Waals surface area contributed by atoms with E-state index >= 15 is 0 Å². The second-order valence-electron chi connectivity index (χ2n) is 3.62. The fourth-order valence-corrected chi connectivity index (χ4v) is 1.63. The second kappa shape index (κ2) is 5.77. The van der Waals surface area contributed by atoms with Gasteiger partial charge in [-0.2, -0.15) is 10.5 Å². The van der Waals surface area contributed by atoms with Crippen molar-refractivity contribution in [1.82, 2.24) is 0 Å². The van der Waals surface area contributed by atoms with E-state index in [9.17, 15) is 0 Å². The Kier molecular flexibility index (Phi) is 3.87. The van der Waals surface area contributed by atoms with Crippen LogP contribution < -0.4 is 5.32 Å². The SMILES string of the molecule is N#CC(C#N)=Cc1ccc(Nc2cccc(Cl)c2)o1. The molecule has 0 unspecified atom stereocenters. The highest BCUT2D eigenvalue weighted by Gasteiger charge is 2.02. The molecule has 0 aliphatic rings. The molecule has 1 aromatic carbocycles. The topological polar surface area (TPSA) is 72.8 Å². The fraction of sp³-hybridized carbons (Fsp3) is 0. The first-order valence-corrected chi connectivity index (χ1v) is 5.73. The van der Waals surface area contributed by atoms with Crippen molar-refractivity contribution in [1.29, 1.82) is 10.5 Å². The van der Waals surface area contributed by atoms with E-state index in [1.165, 1.54) is 6.08 Å². The Hall–Kier alpha value is -2.69. The Labute approximate surface area is 115 Å². The van der Waals surface area contributed by atoms with Gasteiger partial charge in [-0.3, -0.25) is 0 Å². The minimum absolute atomic E-state index is 0.0105. The summed E-state index contributed by atoms with van der Waals surface area (Å²) < 4.78 is 5.43. The molecule has 0 saturated heterocycles. The molecule has 0 saturated carbocycles. The predicted molar refractivity (Wildman–Crippen MR) is 72.6 cm³/mol. The third-order valence-corrected chi connectivity index (χ3v) is 2.48. The molecular weight excluding hydrogens is 262 g/mol. The lowest BCUT2D eigenvalue weighted by Gasteiger charge is -2.02. The van der Waals surface area contributed by atoms with Crippen LogP contribution in [0.15, 0.2) is 46.4 Å². The smallest absolute Gasteiger partial charge is 0.197 e. The van der Waals surface area contributed by atoms with Crippen LogP contribution in [0, 0.1) is 22.7 Å². The Morgan fingerprint density at radius 2 is 2.00 bits per heavy atom. The number of hydrogen-bond donors (Lipinski definition) is 1. The quantitative estimate of drug-likeness (QED) is 0.851. The highest BCUT2D eigenvalue weighted by Crippen LogP contribution is 2.22. The third-order valence-electron chi connectivity index (χ3n) is 2.25. The van der Waals surface area contributed by atoms with Crippen molar-refractivity contribution < 1.29 is 4.42 Å². The number of rotatable bonds is 3. The summed E-state index contributed by atoms with van der Waals surface area (Å²) >= 11 is 5.87. The molecule has 0 fully saturated rings. The molecule has 4 nitrogen and oxygen atoms in total. The summed E-state index contributed by atoms with van der Waals surface area (Å²) in [5.74, 6) is 0.936. The molecule has 0 atom stereocenters. The van der Waals surface area contributed by atoms with Gasteiger partial charge in [0, 0.05) is 22.9 Å². The largest absolute Gasteiger partial charge is 0.441 e. The molecule has 19 heavy (non-hydrogen) atoms. The highest BCUT2D eigenvalue weighted by molar-refractivity contribution is 6.30. The summed E-state index contributed by atoms with van der Waals surface area (Å²) in [5.41, 5.74) is 0.779. The molecule has 0 amide bonds. The van der Waals surface area contributed by atoms with Crippen molar-refractivity contribution >= 4 is 29.2 Å². The second-order valence-corrected chi connectivity index (χ2v) is 4.06. The highest BCUT2D eigenvalue weighted by atomic mass is 35.5. The van der Waals surface area contributed by atoms with E-state index in [-0.39, 0.29) is 5.57 Å². The van der Waals surface area contributed by atoms with Gasteiger partial charge in [-0.1, -0.05) is 17.7 Å². The molecule has 0 radical (unpaired) electrons. The number of benzene rings is 1. The van der Waals surface area contributed by atoms with Crippen LogP contribution in [-0.2, 0) is 0 Å². The van der Waals surface area contributed by atoms with Gasteiger partial charge in [0.05, 0.1) is 0 Å². The monoisotopic (exact) mass is 269 g/mol. The van der Waals surface area contributed by atoms with E-state index in [0.29, 0.717) is 16.7 Å². The Morgan fingerprint density at radius 3 is 2.68 bits per heavy atom. The lowest BCUT2D eigenvalue weighted by Crippen LogP contribution is -1.86. The maximum atomic E-state index is 8.65. The van der Waals surface area contributed by atoms with Gasteiger partial charge in [0.25, 0.3) is 0 Å². The molecule has 5 heteroatoms. The normalized spacial score (nSPS) is 9.21. The van der Waals surface area contributed by atoms with Crippen LogP contribution in [-0.4, -0.2) is 0 Å². The molecule has 1 aromatic heterocycles. The number of furan rings is 1. The number of nitrogens with zero attached hydrogens (tertiary/aromatic N) is 2. The molecule has 2 rings (SSSR count). The number of anilines is 2. The van der Waals surface area contributed by atoms with Crippen LogP contribution in [0.1, 0.15) is 5.76 Å². The van der Waals surface area contributed by atoms with Gasteiger partial charge in [0.1, 0.15) is 23.5 Å². The van der Waals surface area contributed by atoms with Gasteiger partial charge >= 0.3 is 0 Å². The lowest BCUT2D eigenvalue weighted by atomic mass is 10.3. The van der Waals surface area contributed by atoms with Crippen molar-refractivity contribution in [3.05, 3.63) is 52.8 Å². The minimum Gasteiger partial charge on any atom is -0.441 e. The maximum absolute atomic E-state index is 8.65. The van der Waals surface area contributed by atoms with Crippen molar-refractivity contribution in [2.45, 2.75) is 0 Å². The van der Waals surface area contributed by atoms with E-state index in [2.05, 4.69) is 5.32 Å². The summed E-state index contributed by atoms with van der Waals surface area (Å²) in [6.45, 7) is 0. The van der Waals surface area contributed by atoms with Crippen LogP contribution in [0.5, 0.6) is 0 Å². The van der Waals surface area contributed by atoms with Crippen molar-refractivity contribution in [3.63, 3.8) is 0 Å². The number of nitrogens with one attached hydrogen (secondary N) is 1. The Bertz CT molecular complexity index is 688. The summed E-state index contributed by atoms with van der Waals surface area (Å²) in [7, 11) is 0. The first kappa shape index (κ1) is 12.8. The number of allylic oxidation sites excluding steroid dienone is 1. The first-order chi connectivity index (χ1) is 9.21. The van der Waals surface area contributed by atoms with Gasteiger partial charge < -0.3 is 9.73 Å². The molecule has 1 N–H and O–H groups in total. The average Bonchev–Trinajstić information content (AvgIpc) is 2.83. The van der Waals surface area contributed by atoms with Crippen molar-refractivity contribution in [2.75, 3.05) is 5.32 Å². The number of halogens is 1. The van der Waals surface area contributed by atoms with Gasteiger partial charge in [0.2, 0.25) is 0 Å². The first-order valence-electron chi connectivity index (χ1n) is 5.35. The summed E-state index contributed by atoms with van der Waals surface area (Å²) in [5, 5.41) is 20.9. The molecular formula is C14H8ClN3O. The zero-order chi connectivity index (χ0) is 13.7. The van der Waals surface area contributed by atoms with E-state index in [1.807, 2.05) is 12.1 Å². The zero-order valence-corrected chi connectivity index (χ0v) is 10.5. The van der Waals surface area contributed by atoms with Crippen LogP contribution in [0.25, 0.3) is 6.08 Å². The average molecular weight is 270 g/mol. The van der Waals surface area contributed by atoms with Crippen LogP contribution in [0.3, 0.4) is 0 Å². The van der Waals surface area contributed by atoms with Gasteiger partial charge in [-0.05, 0) is 24.3 Å². The van der Waals surface area contributed by atoms with E-state index < -0.39 is 0 Å². The van der Waals surface area contributed by atoms with Crippen LogP contribution >= 0.6 is 11.6 Å². The summed E-state index contributed by atoms with van der Waals surface area (Å²) in [4.78, 5) is 0. The maximum Gasteiger partial charge on any atom is 0.197 e. The molecule has 0 spiro atoms. The molecule has 0 aliphatic heterocycles. The zero-order valence-electron chi connectivity index (χ0n) is 9.72. The number of nitriles is 2. The van der Waals surface area contributed by atoms with E-state index in [0.717, 1.165) is 5.69 Å². The van der Waals surface area contributed by atoms with Crippen LogP contribution in [0.2, 0.25) is 5.02 Å². The van der Waals surface area contributed by atoms with Crippen molar-refractivity contribution in [3.8, 4) is 12.1 Å². The molecule has 1 heterocycles. The lowest BCUT2D eigenvalue weighted by molar-refractivity contribution is 0.574.